The van der Waals surface area contributed by atoms with Gasteiger partial charge in [0.1, 0.15) is 18.1 Å². The fraction of sp³-hybridized carbons (Fsp3) is 0.0952. The summed E-state index contributed by atoms with van der Waals surface area (Å²) in [7, 11) is 0. The number of non-ortho nitro benzene ring substituents is 1. The number of nitrogens with one attached hydrogen (secondary N) is 1. The molecule has 0 fully saturated rings. The molecule has 7 heteroatoms. The van der Waals surface area contributed by atoms with Crippen molar-refractivity contribution < 1.29 is 19.2 Å². The van der Waals surface area contributed by atoms with Crippen LogP contribution < -0.4 is 10.1 Å². The van der Waals surface area contributed by atoms with Crippen LogP contribution in [0.1, 0.15) is 11.1 Å². The van der Waals surface area contributed by atoms with Crippen molar-refractivity contribution in [1.82, 2.24) is 0 Å². The molecular weight excluding hydrogens is 360 g/mol. The number of carbonyl (C=O) groups excluding carboxylic acids is 1. The molecule has 0 radical (unpaired) electrons. The van der Waals surface area contributed by atoms with E-state index in [1.165, 1.54) is 18.2 Å². The lowest BCUT2D eigenvalue weighted by molar-refractivity contribution is -0.384. The number of anilines is 1. The average Bonchev–Trinajstić information content (AvgIpc) is 2.69. The smallest absolute Gasteiger partial charge is 0.411 e. The Labute approximate surface area is 161 Å². The highest BCUT2D eigenvalue weighted by molar-refractivity contribution is 5.85. The van der Waals surface area contributed by atoms with Crippen molar-refractivity contribution in [1.29, 1.82) is 0 Å². The monoisotopic (exact) mass is 378 g/mol. The maximum absolute atomic E-state index is 12.0. The number of ether oxygens (including phenoxy) is 2. The van der Waals surface area contributed by atoms with Gasteiger partial charge in [0, 0.05) is 12.1 Å². The summed E-state index contributed by atoms with van der Waals surface area (Å²) in [5.41, 5.74) is 1.71. The molecule has 0 atom stereocenters. The Kier molecular flexibility index (Phi) is 5.86. The first kappa shape index (κ1) is 18.9. The van der Waals surface area contributed by atoms with Gasteiger partial charge in [0.25, 0.3) is 5.69 Å². The van der Waals surface area contributed by atoms with Crippen LogP contribution in [0.4, 0.5) is 16.2 Å². The molecule has 0 aliphatic heterocycles. The van der Waals surface area contributed by atoms with Gasteiger partial charge in [-0.15, -0.1) is 0 Å². The normalized spacial score (nSPS) is 10.2. The van der Waals surface area contributed by atoms with Crippen LogP contribution in [0.25, 0.3) is 0 Å². The Balaban J connectivity index is 1.74. The zero-order chi connectivity index (χ0) is 19.9. The lowest BCUT2D eigenvalue weighted by Gasteiger charge is -2.11. The lowest BCUT2D eigenvalue weighted by Crippen LogP contribution is -2.13. The SMILES string of the molecule is Cc1ccccc1Oc1cc(NC(=O)OCc2ccccc2)cc([N+](=O)[O-])c1. The second-order valence-corrected chi connectivity index (χ2v) is 6.03. The Hall–Kier alpha value is -3.87. The molecule has 0 heterocycles. The molecule has 0 saturated carbocycles. The number of nitro groups is 1. The number of amides is 1. The number of nitrogens with zero attached hydrogens (tertiary/aromatic N) is 1. The quantitative estimate of drug-likeness (QED) is 0.455. The largest absolute Gasteiger partial charge is 0.457 e. The van der Waals surface area contributed by atoms with Gasteiger partial charge < -0.3 is 9.47 Å². The number of aryl methyl sites for hydroxylation is 1. The first-order chi connectivity index (χ1) is 13.5. The molecule has 3 rings (SSSR count). The van der Waals surface area contributed by atoms with Gasteiger partial charge in [-0.25, -0.2) is 4.79 Å². The Bertz CT molecular complexity index is 989. The Morgan fingerprint density at radius 3 is 2.46 bits per heavy atom. The van der Waals surface area contributed by atoms with E-state index < -0.39 is 11.0 Å². The number of para-hydroxylation sites is 1. The third kappa shape index (κ3) is 5.07. The zero-order valence-electron chi connectivity index (χ0n) is 15.1. The molecule has 0 aliphatic rings. The van der Waals surface area contributed by atoms with Crippen LogP contribution in [-0.2, 0) is 11.3 Å². The van der Waals surface area contributed by atoms with Gasteiger partial charge in [-0.3, -0.25) is 15.4 Å². The van der Waals surface area contributed by atoms with Gasteiger partial charge >= 0.3 is 6.09 Å². The molecule has 0 aromatic heterocycles. The molecule has 28 heavy (non-hydrogen) atoms. The minimum Gasteiger partial charge on any atom is -0.457 e. The highest BCUT2D eigenvalue weighted by Gasteiger charge is 2.14. The van der Waals surface area contributed by atoms with E-state index in [1.807, 2.05) is 49.4 Å². The van der Waals surface area contributed by atoms with E-state index in [2.05, 4.69) is 5.32 Å². The van der Waals surface area contributed by atoms with Crippen molar-refractivity contribution in [3.8, 4) is 11.5 Å². The highest BCUT2D eigenvalue weighted by Crippen LogP contribution is 2.31. The van der Waals surface area contributed by atoms with Crippen LogP contribution in [0.15, 0.2) is 72.8 Å². The molecule has 0 unspecified atom stereocenters. The average molecular weight is 378 g/mol. The minimum atomic E-state index is -0.716. The van der Waals surface area contributed by atoms with Gasteiger partial charge in [0.15, 0.2) is 0 Å². The highest BCUT2D eigenvalue weighted by atomic mass is 16.6. The zero-order valence-corrected chi connectivity index (χ0v) is 15.1. The summed E-state index contributed by atoms with van der Waals surface area (Å²) in [6.45, 7) is 1.96. The summed E-state index contributed by atoms with van der Waals surface area (Å²) in [4.78, 5) is 22.7. The molecule has 0 aliphatic carbocycles. The van der Waals surface area contributed by atoms with Crippen molar-refractivity contribution in [3.63, 3.8) is 0 Å². The van der Waals surface area contributed by atoms with Crippen LogP contribution >= 0.6 is 0 Å². The van der Waals surface area contributed by atoms with Crippen molar-refractivity contribution in [2.75, 3.05) is 5.32 Å². The number of hydrogen-bond acceptors (Lipinski definition) is 5. The number of rotatable bonds is 6. The number of benzene rings is 3. The van der Waals surface area contributed by atoms with Crippen LogP contribution in [0.2, 0.25) is 0 Å². The Morgan fingerprint density at radius 2 is 1.75 bits per heavy atom. The van der Waals surface area contributed by atoms with E-state index in [-0.39, 0.29) is 23.7 Å². The molecule has 3 aromatic carbocycles. The molecule has 3 aromatic rings. The molecule has 0 bridgehead atoms. The number of nitro benzene ring substituents is 1. The first-order valence-electron chi connectivity index (χ1n) is 8.52. The maximum Gasteiger partial charge on any atom is 0.411 e. The third-order valence-corrected chi connectivity index (χ3v) is 3.88. The van der Waals surface area contributed by atoms with Crippen molar-refractivity contribution in [3.05, 3.63) is 94.0 Å². The van der Waals surface area contributed by atoms with E-state index >= 15 is 0 Å². The van der Waals surface area contributed by atoms with Crippen LogP contribution in [0, 0.1) is 17.0 Å². The maximum atomic E-state index is 12.0. The van der Waals surface area contributed by atoms with Crippen molar-refractivity contribution >= 4 is 17.5 Å². The lowest BCUT2D eigenvalue weighted by atomic mass is 10.2. The fourth-order valence-corrected chi connectivity index (χ4v) is 2.49. The second kappa shape index (κ2) is 8.68. The molecule has 1 N–H and O–H groups in total. The number of hydrogen-bond donors (Lipinski definition) is 1. The molecule has 1 amide bonds. The molecule has 0 saturated heterocycles. The van der Waals surface area contributed by atoms with E-state index in [4.69, 9.17) is 9.47 Å². The van der Waals surface area contributed by atoms with Crippen LogP contribution in [0.5, 0.6) is 11.5 Å². The van der Waals surface area contributed by atoms with Crippen molar-refractivity contribution in [2.24, 2.45) is 0 Å². The topological polar surface area (TPSA) is 90.7 Å². The van der Waals surface area contributed by atoms with E-state index in [1.54, 1.807) is 12.1 Å². The van der Waals surface area contributed by atoms with E-state index in [0.29, 0.717) is 5.75 Å². The van der Waals surface area contributed by atoms with Gasteiger partial charge in [0.2, 0.25) is 0 Å². The molecule has 0 spiro atoms. The van der Waals surface area contributed by atoms with E-state index in [9.17, 15) is 14.9 Å². The van der Waals surface area contributed by atoms with Gasteiger partial charge in [-0.1, -0.05) is 48.5 Å². The fourth-order valence-electron chi connectivity index (χ4n) is 2.49. The van der Waals surface area contributed by atoms with Crippen LogP contribution in [-0.4, -0.2) is 11.0 Å². The predicted molar refractivity (Wildman–Crippen MR) is 105 cm³/mol. The van der Waals surface area contributed by atoms with Gasteiger partial charge in [0.05, 0.1) is 16.7 Å². The van der Waals surface area contributed by atoms with Gasteiger partial charge in [-0.05, 0) is 24.1 Å². The summed E-state index contributed by atoms with van der Waals surface area (Å²) >= 11 is 0. The Morgan fingerprint density at radius 1 is 1.04 bits per heavy atom. The summed E-state index contributed by atoms with van der Waals surface area (Å²) in [5, 5.41) is 13.7. The summed E-state index contributed by atoms with van der Waals surface area (Å²) in [5.74, 6) is 0.808. The summed E-state index contributed by atoms with van der Waals surface area (Å²) in [6, 6.07) is 20.5. The molecule has 142 valence electrons. The first-order valence-corrected chi connectivity index (χ1v) is 8.52. The minimum absolute atomic E-state index is 0.0914. The molecular formula is C21H18N2O5. The van der Waals surface area contributed by atoms with E-state index in [0.717, 1.165) is 11.1 Å². The van der Waals surface area contributed by atoms with Gasteiger partial charge in [-0.2, -0.15) is 0 Å². The van der Waals surface area contributed by atoms with Crippen LogP contribution in [0.3, 0.4) is 0 Å². The predicted octanol–water partition coefficient (Wildman–Crippen LogP) is 5.44. The second-order valence-electron chi connectivity index (χ2n) is 6.03. The standard InChI is InChI=1S/C21H18N2O5/c1-15-7-5-6-10-20(15)28-19-12-17(11-18(13-19)23(25)26)22-21(24)27-14-16-8-3-2-4-9-16/h2-13H,14H2,1H3,(H,22,24). The summed E-state index contributed by atoms with van der Waals surface area (Å²) in [6.07, 6.45) is -0.716. The number of carbonyl (C=O) groups is 1. The molecule has 7 nitrogen and oxygen atoms in total. The third-order valence-electron chi connectivity index (χ3n) is 3.88. The summed E-state index contributed by atoms with van der Waals surface area (Å²) < 4.78 is 10.9. The van der Waals surface area contributed by atoms with Crippen molar-refractivity contribution in [2.45, 2.75) is 13.5 Å².